The van der Waals surface area contributed by atoms with Crippen molar-refractivity contribution in [2.24, 2.45) is 5.73 Å². The van der Waals surface area contributed by atoms with Crippen molar-refractivity contribution in [3.05, 3.63) is 34.8 Å². The molecule has 1 aromatic carbocycles. The SMILES string of the molecule is NCc1nnc(Nc2cccc(C(F)(F)F)c2)s1. The van der Waals surface area contributed by atoms with Crippen molar-refractivity contribution >= 4 is 22.2 Å². The van der Waals surface area contributed by atoms with E-state index < -0.39 is 11.7 Å². The summed E-state index contributed by atoms with van der Waals surface area (Å²) in [6, 6.07) is 4.88. The maximum Gasteiger partial charge on any atom is 0.416 e. The fraction of sp³-hybridized carbons (Fsp3) is 0.200. The lowest BCUT2D eigenvalue weighted by atomic mass is 10.2. The standard InChI is InChI=1S/C10H9F3N4S/c11-10(12,13)6-2-1-3-7(4-6)15-9-17-16-8(5-14)18-9/h1-4H,5,14H2,(H,15,17). The second-order valence-electron chi connectivity index (χ2n) is 3.41. The zero-order chi connectivity index (χ0) is 13.2. The lowest BCUT2D eigenvalue weighted by Crippen LogP contribution is -2.05. The van der Waals surface area contributed by atoms with Crippen molar-refractivity contribution in [2.45, 2.75) is 12.7 Å². The van der Waals surface area contributed by atoms with Gasteiger partial charge in [0.05, 0.1) is 5.56 Å². The van der Waals surface area contributed by atoms with Gasteiger partial charge in [-0.25, -0.2) is 0 Å². The van der Waals surface area contributed by atoms with E-state index in [1.165, 1.54) is 23.5 Å². The minimum atomic E-state index is -4.36. The number of nitrogens with zero attached hydrogens (tertiary/aromatic N) is 2. The van der Waals surface area contributed by atoms with Gasteiger partial charge in [0, 0.05) is 12.2 Å². The summed E-state index contributed by atoms with van der Waals surface area (Å²) in [5.41, 5.74) is 4.97. The van der Waals surface area contributed by atoms with E-state index in [1.807, 2.05) is 0 Å². The molecule has 2 rings (SSSR count). The predicted molar refractivity (Wildman–Crippen MR) is 62.5 cm³/mol. The number of hydrogen-bond donors (Lipinski definition) is 2. The van der Waals surface area contributed by atoms with Crippen LogP contribution < -0.4 is 11.1 Å². The molecule has 0 spiro atoms. The number of alkyl halides is 3. The van der Waals surface area contributed by atoms with Crippen LogP contribution in [0.5, 0.6) is 0 Å². The first-order chi connectivity index (χ1) is 8.49. The van der Waals surface area contributed by atoms with E-state index in [0.717, 1.165) is 12.1 Å². The van der Waals surface area contributed by atoms with Gasteiger partial charge in [0.25, 0.3) is 0 Å². The van der Waals surface area contributed by atoms with Crippen molar-refractivity contribution in [1.82, 2.24) is 10.2 Å². The van der Waals surface area contributed by atoms with Gasteiger partial charge < -0.3 is 11.1 Å². The molecule has 0 aliphatic heterocycles. The van der Waals surface area contributed by atoms with Crippen LogP contribution in [-0.2, 0) is 12.7 Å². The summed E-state index contributed by atoms with van der Waals surface area (Å²) in [5, 5.41) is 11.3. The summed E-state index contributed by atoms with van der Waals surface area (Å²) in [6.45, 7) is 0.252. The van der Waals surface area contributed by atoms with Crippen LogP contribution in [0.25, 0.3) is 0 Å². The molecule has 0 aliphatic rings. The van der Waals surface area contributed by atoms with Crippen LogP contribution in [0.3, 0.4) is 0 Å². The molecule has 0 bridgehead atoms. The van der Waals surface area contributed by atoms with Gasteiger partial charge in [-0.15, -0.1) is 10.2 Å². The minimum absolute atomic E-state index is 0.252. The van der Waals surface area contributed by atoms with Gasteiger partial charge in [0.2, 0.25) is 5.13 Å². The number of nitrogens with one attached hydrogen (secondary N) is 1. The van der Waals surface area contributed by atoms with E-state index in [9.17, 15) is 13.2 Å². The van der Waals surface area contributed by atoms with Crippen LogP contribution in [0.4, 0.5) is 24.0 Å². The normalized spacial score (nSPS) is 11.6. The molecular formula is C10H9F3N4S. The largest absolute Gasteiger partial charge is 0.416 e. The molecule has 0 unspecified atom stereocenters. The molecule has 1 heterocycles. The van der Waals surface area contributed by atoms with Crippen molar-refractivity contribution in [2.75, 3.05) is 5.32 Å². The molecule has 0 amide bonds. The predicted octanol–water partition coefficient (Wildman–Crippen LogP) is 2.76. The fourth-order valence-corrected chi connectivity index (χ4v) is 1.92. The molecule has 0 aliphatic carbocycles. The Hall–Kier alpha value is -1.67. The second-order valence-corrected chi connectivity index (χ2v) is 4.47. The van der Waals surface area contributed by atoms with Crippen LogP contribution in [0.15, 0.2) is 24.3 Å². The molecule has 0 saturated heterocycles. The van der Waals surface area contributed by atoms with Gasteiger partial charge in [0.1, 0.15) is 5.01 Å². The summed E-state index contributed by atoms with van der Waals surface area (Å²) >= 11 is 1.20. The molecule has 0 radical (unpaired) electrons. The third-order valence-corrected chi connectivity index (χ3v) is 2.94. The molecule has 0 fully saturated rings. The van der Waals surface area contributed by atoms with Gasteiger partial charge in [0.15, 0.2) is 0 Å². The molecule has 2 aromatic rings. The van der Waals surface area contributed by atoms with E-state index in [4.69, 9.17) is 5.73 Å². The molecule has 18 heavy (non-hydrogen) atoms. The highest BCUT2D eigenvalue weighted by molar-refractivity contribution is 7.15. The molecule has 4 nitrogen and oxygen atoms in total. The Kier molecular flexibility index (Phi) is 3.48. The van der Waals surface area contributed by atoms with E-state index in [0.29, 0.717) is 15.8 Å². The zero-order valence-corrected chi connectivity index (χ0v) is 9.85. The van der Waals surface area contributed by atoms with Crippen LogP contribution in [0.1, 0.15) is 10.6 Å². The van der Waals surface area contributed by atoms with Crippen molar-refractivity contribution in [1.29, 1.82) is 0 Å². The number of benzene rings is 1. The maximum atomic E-state index is 12.5. The number of hydrogen-bond acceptors (Lipinski definition) is 5. The lowest BCUT2D eigenvalue weighted by Gasteiger charge is -2.08. The third kappa shape index (κ3) is 2.96. The fourth-order valence-electron chi connectivity index (χ4n) is 1.28. The third-order valence-electron chi connectivity index (χ3n) is 2.08. The Morgan fingerprint density at radius 1 is 1.28 bits per heavy atom. The average Bonchev–Trinajstić information content (AvgIpc) is 2.76. The van der Waals surface area contributed by atoms with Gasteiger partial charge in [-0.1, -0.05) is 17.4 Å². The van der Waals surface area contributed by atoms with Crippen molar-refractivity contribution in [3.63, 3.8) is 0 Å². The second kappa shape index (κ2) is 4.91. The monoisotopic (exact) mass is 274 g/mol. The van der Waals surface area contributed by atoms with E-state index >= 15 is 0 Å². The minimum Gasteiger partial charge on any atom is -0.330 e. The summed E-state index contributed by atoms with van der Waals surface area (Å²) < 4.78 is 37.5. The van der Waals surface area contributed by atoms with Crippen LogP contribution >= 0.6 is 11.3 Å². The molecule has 96 valence electrons. The molecule has 8 heteroatoms. The quantitative estimate of drug-likeness (QED) is 0.903. The summed E-state index contributed by atoms with van der Waals surface area (Å²) in [6.07, 6.45) is -4.36. The highest BCUT2D eigenvalue weighted by atomic mass is 32.1. The Bertz CT molecular complexity index is 538. The van der Waals surface area contributed by atoms with E-state index in [1.54, 1.807) is 0 Å². The topological polar surface area (TPSA) is 63.8 Å². The number of anilines is 2. The van der Waals surface area contributed by atoms with Crippen LogP contribution in [-0.4, -0.2) is 10.2 Å². The smallest absolute Gasteiger partial charge is 0.330 e. The Labute approximate surface area is 105 Å². The highest BCUT2D eigenvalue weighted by Gasteiger charge is 2.30. The Balaban J connectivity index is 2.19. The summed E-state index contributed by atoms with van der Waals surface area (Å²) in [7, 11) is 0. The van der Waals surface area contributed by atoms with Crippen LogP contribution in [0, 0.1) is 0 Å². The molecular weight excluding hydrogens is 265 g/mol. The van der Waals surface area contributed by atoms with Gasteiger partial charge >= 0.3 is 6.18 Å². The zero-order valence-electron chi connectivity index (χ0n) is 9.03. The van der Waals surface area contributed by atoms with Gasteiger partial charge in [-0.2, -0.15) is 13.2 Å². The van der Waals surface area contributed by atoms with Crippen LogP contribution in [0.2, 0.25) is 0 Å². The first-order valence-electron chi connectivity index (χ1n) is 4.96. The van der Waals surface area contributed by atoms with Crippen molar-refractivity contribution < 1.29 is 13.2 Å². The number of aromatic nitrogens is 2. The molecule has 0 saturated carbocycles. The first kappa shape index (κ1) is 12.8. The highest BCUT2D eigenvalue weighted by Crippen LogP contribution is 2.31. The van der Waals surface area contributed by atoms with Crippen molar-refractivity contribution in [3.8, 4) is 0 Å². The number of rotatable bonds is 3. The molecule has 1 aromatic heterocycles. The van der Waals surface area contributed by atoms with Gasteiger partial charge in [-0.3, -0.25) is 0 Å². The Morgan fingerprint density at radius 2 is 2.06 bits per heavy atom. The molecule has 3 N–H and O–H groups in total. The first-order valence-corrected chi connectivity index (χ1v) is 5.77. The number of halogens is 3. The van der Waals surface area contributed by atoms with E-state index in [-0.39, 0.29) is 6.54 Å². The summed E-state index contributed by atoms with van der Waals surface area (Å²) in [4.78, 5) is 0. The number of nitrogens with two attached hydrogens (primary N) is 1. The Morgan fingerprint density at radius 3 is 2.67 bits per heavy atom. The summed E-state index contributed by atoms with van der Waals surface area (Å²) in [5.74, 6) is 0. The average molecular weight is 274 g/mol. The van der Waals surface area contributed by atoms with E-state index in [2.05, 4.69) is 15.5 Å². The van der Waals surface area contributed by atoms with Gasteiger partial charge in [-0.05, 0) is 18.2 Å². The molecule has 0 atom stereocenters. The lowest BCUT2D eigenvalue weighted by molar-refractivity contribution is -0.137. The maximum absolute atomic E-state index is 12.5.